The largest absolute Gasteiger partial charge is 0.492 e. The highest BCUT2D eigenvalue weighted by Crippen LogP contribution is 2.47. The van der Waals surface area contributed by atoms with Crippen molar-refractivity contribution in [1.82, 2.24) is 5.32 Å². The Hall–Kier alpha value is -3.13. The number of rotatable bonds is 10. The lowest BCUT2D eigenvalue weighted by Crippen LogP contribution is -2.23. The molecule has 0 aliphatic rings. The van der Waals surface area contributed by atoms with Gasteiger partial charge >= 0.3 is 0 Å². The molecular formula is C25H28Cl2N2O5. The van der Waals surface area contributed by atoms with E-state index in [2.05, 4.69) is 5.32 Å². The summed E-state index contributed by atoms with van der Waals surface area (Å²) in [5.41, 5.74) is 7.83. The van der Waals surface area contributed by atoms with Gasteiger partial charge in [0.1, 0.15) is 5.75 Å². The Bertz CT molecular complexity index is 1110. The highest BCUT2D eigenvalue weighted by molar-refractivity contribution is 6.30. The van der Waals surface area contributed by atoms with E-state index in [1.54, 1.807) is 18.2 Å². The van der Waals surface area contributed by atoms with Gasteiger partial charge in [-0.15, -0.1) is 12.4 Å². The van der Waals surface area contributed by atoms with Crippen LogP contribution in [0, 0.1) is 0 Å². The summed E-state index contributed by atoms with van der Waals surface area (Å²) in [6.45, 7) is 0.854. The van der Waals surface area contributed by atoms with Gasteiger partial charge in [0.25, 0.3) is 5.91 Å². The average Bonchev–Trinajstić information content (AvgIpc) is 2.83. The van der Waals surface area contributed by atoms with Crippen LogP contribution in [0.25, 0.3) is 0 Å². The molecule has 0 aromatic heterocycles. The van der Waals surface area contributed by atoms with E-state index in [0.29, 0.717) is 28.8 Å². The number of ether oxygens (including phenoxy) is 4. The van der Waals surface area contributed by atoms with Gasteiger partial charge in [-0.1, -0.05) is 35.9 Å². The fraction of sp³-hybridized carbons (Fsp3) is 0.240. The lowest BCUT2D eigenvalue weighted by molar-refractivity contribution is 0.0946. The van der Waals surface area contributed by atoms with Crippen LogP contribution in [-0.2, 0) is 13.0 Å². The molecule has 1 amide bonds. The maximum Gasteiger partial charge on any atom is 0.255 e. The zero-order valence-electron chi connectivity index (χ0n) is 19.2. The van der Waals surface area contributed by atoms with Crippen molar-refractivity contribution in [1.29, 1.82) is 0 Å². The summed E-state index contributed by atoms with van der Waals surface area (Å²) in [4.78, 5) is 13.1. The summed E-state index contributed by atoms with van der Waals surface area (Å²) in [5.74, 6) is 1.33. The molecule has 0 heterocycles. The summed E-state index contributed by atoms with van der Waals surface area (Å²) in [5, 5.41) is 3.47. The summed E-state index contributed by atoms with van der Waals surface area (Å²) < 4.78 is 22.6. The zero-order valence-corrected chi connectivity index (χ0v) is 20.8. The van der Waals surface area contributed by atoms with Gasteiger partial charge in [0.15, 0.2) is 11.5 Å². The first-order valence-corrected chi connectivity index (χ1v) is 10.7. The maximum absolute atomic E-state index is 13.1. The quantitative estimate of drug-likeness (QED) is 0.401. The fourth-order valence-electron chi connectivity index (χ4n) is 3.37. The molecule has 0 bridgehead atoms. The second-order valence-corrected chi connectivity index (χ2v) is 7.56. The molecule has 0 fully saturated rings. The molecule has 0 saturated carbocycles. The minimum absolute atomic E-state index is 0. The first-order chi connectivity index (χ1) is 16.0. The third-order valence-electron chi connectivity index (χ3n) is 4.94. The molecular weight excluding hydrogens is 479 g/mol. The molecule has 7 nitrogen and oxygen atoms in total. The van der Waals surface area contributed by atoms with E-state index < -0.39 is 0 Å². The Morgan fingerprint density at radius 1 is 0.912 bits per heavy atom. The van der Waals surface area contributed by atoms with Crippen molar-refractivity contribution in [3.8, 4) is 28.7 Å². The molecule has 3 rings (SSSR count). The molecule has 0 radical (unpaired) electrons. The summed E-state index contributed by atoms with van der Waals surface area (Å²) in [7, 11) is 4.43. The van der Waals surface area contributed by atoms with Crippen molar-refractivity contribution in [2.24, 2.45) is 5.73 Å². The molecule has 3 aromatic carbocycles. The second kappa shape index (κ2) is 12.9. The van der Waals surface area contributed by atoms with Crippen molar-refractivity contribution in [2.75, 3.05) is 27.9 Å². The lowest BCUT2D eigenvalue weighted by Gasteiger charge is -2.19. The number of amides is 1. The normalized spacial score (nSPS) is 10.1. The van der Waals surface area contributed by atoms with Crippen molar-refractivity contribution < 1.29 is 23.7 Å². The molecule has 34 heavy (non-hydrogen) atoms. The van der Waals surface area contributed by atoms with Crippen molar-refractivity contribution in [2.45, 2.75) is 13.0 Å². The van der Waals surface area contributed by atoms with Crippen LogP contribution >= 0.6 is 24.0 Å². The standard InChI is InChI=1S/C25H27ClN2O5.ClH/c1-30-22-20(25(29)28-15-17-5-4-6-18(26)13-17)14-21(23(31-2)24(22)32-3)33-19-9-7-16(8-10-19)11-12-27;/h4-10,13-14H,11-12,15,27H2,1-3H3,(H,28,29);1H. The van der Waals surface area contributed by atoms with Gasteiger partial charge in [-0.3, -0.25) is 4.79 Å². The monoisotopic (exact) mass is 506 g/mol. The maximum atomic E-state index is 13.1. The number of carbonyl (C=O) groups excluding carboxylic acids is 1. The topological polar surface area (TPSA) is 92.0 Å². The number of hydrogen-bond acceptors (Lipinski definition) is 6. The van der Waals surface area contributed by atoms with Crippen LogP contribution in [0.3, 0.4) is 0 Å². The first-order valence-electron chi connectivity index (χ1n) is 10.3. The molecule has 3 N–H and O–H groups in total. The van der Waals surface area contributed by atoms with Gasteiger partial charge in [0, 0.05) is 17.6 Å². The number of halogens is 2. The predicted molar refractivity (Wildman–Crippen MR) is 135 cm³/mol. The second-order valence-electron chi connectivity index (χ2n) is 7.12. The van der Waals surface area contributed by atoms with E-state index >= 15 is 0 Å². The van der Waals surface area contributed by atoms with Gasteiger partial charge in [-0.05, 0) is 48.4 Å². The highest BCUT2D eigenvalue weighted by Gasteiger charge is 2.26. The van der Waals surface area contributed by atoms with Gasteiger partial charge < -0.3 is 30.0 Å². The summed E-state index contributed by atoms with van der Waals surface area (Å²) >= 11 is 6.04. The Kier molecular flexibility index (Phi) is 10.3. The predicted octanol–water partition coefficient (Wildman–Crippen LogP) is 5.01. The number of carbonyl (C=O) groups is 1. The fourth-order valence-corrected chi connectivity index (χ4v) is 3.58. The summed E-state index contributed by atoms with van der Waals surface area (Å²) in [6, 6.07) is 16.4. The number of methoxy groups -OCH3 is 3. The van der Waals surface area contributed by atoms with E-state index in [1.165, 1.54) is 21.3 Å². The Morgan fingerprint density at radius 2 is 1.59 bits per heavy atom. The third kappa shape index (κ3) is 6.47. The first kappa shape index (κ1) is 27.1. The Balaban J connectivity index is 0.00000408. The average molecular weight is 507 g/mol. The number of nitrogens with one attached hydrogen (secondary N) is 1. The van der Waals surface area contributed by atoms with Gasteiger partial charge in [-0.2, -0.15) is 0 Å². The van der Waals surface area contributed by atoms with Gasteiger partial charge in [-0.25, -0.2) is 0 Å². The van der Waals surface area contributed by atoms with Crippen molar-refractivity contribution in [3.05, 3.63) is 76.3 Å². The van der Waals surface area contributed by atoms with E-state index in [-0.39, 0.29) is 41.9 Å². The third-order valence-corrected chi connectivity index (χ3v) is 5.17. The molecule has 0 aliphatic carbocycles. The molecule has 182 valence electrons. The molecule has 0 aliphatic heterocycles. The lowest BCUT2D eigenvalue weighted by atomic mass is 10.1. The van der Waals surface area contributed by atoms with E-state index in [0.717, 1.165) is 17.5 Å². The van der Waals surface area contributed by atoms with Crippen LogP contribution in [0.1, 0.15) is 21.5 Å². The minimum Gasteiger partial charge on any atom is -0.492 e. The van der Waals surface area contributed by atoms with Gasteiger partial charge in [0.05, 0.1) is 26.9 Å². The van der Waals surface area contributed by atoms with E-state index in [9.17, 15) is 4.79 Å². The van der Waals surface area contributed by atoms with E-state index in [4.69, 9.17) is 36.3 Å². The van der Waals surface area contributed by atoms with Crippen LogP contribution < -0.4 is 30.0 Å². The SMILES string of the molecule is COc1c(Oc2ccc(CCN)cc2)cc(C(=O)NCc2cccc(Cl)c2)c(OC)c1OC.Cl. The van der Waals surface area contributed by atoms with E-state index in [1.807, 2.05) is 36.4 Å². The Labute approximate surface area is 210 Å². The number of nitrogens with two attached hydrogens (primary N) is 1. The number of hydrogen-bond donors (Lipinski definition) is 2. The van der Waals surface area contributed by atoms with Crippen molar-refractivity contribution >= 4 is 29.9 Å². The van der Waals surface area contributed by atoms with Crippen molar-refractivity contribution in [3.63, 3.8) is 0 Å². The zero-order chi connectivity index (χ0) is 23.8. The highest BCUT2D eigenvalue weighted by atomic mass is 35.5. The molecule has 0 saturated heterocycles. The van der Waals surface area contributed by atoms with Gasteiger partial charge in [0.2, 0.25) is 11.5 Å². The van der Waals surface area contributed by atoms with Crippen LogP contribution in [0.4, 0.5) is 0 Å². The van der Waals surface area contributed by atoms with Crippen LogP contribution in [-0.4, -0.2) is 33.8 Å². The van der Waals surface area contributed by atoms with Crippen LogP contribution in [0.5, 0.6) is 28.7 Å². The van der Waals surface area contributed by atoms with Crippen LogP contribution in [0.15, 0.2) is 54.6 Å². The minimum atomic E-state index is -0.365. The van der Waals surface area contributed by atoms with Crippen LogP contribution in [0.2, 0.25) is 5.02 Å². The molecule has 3 aromatic rings. The molecule has 9 heteroatoms. The molecule has 0 unspecified atom stereocenters. The molecule has 0 atom stereocenters. The summed E-state index contributed by atoms with van der Waals surface area (Å²) in [6.07, 6.45) is 0.775. The Morgan fingerprint density at radius 3 is 2.18 bits per heavy atom. The molecule has 0 spiro atoms. The number of benzene rings is 3. The smallest absolute Gasteiger partial charge is 0.255 e.